The van der Waals surface area contributed by atoms with Crippen molar-refractivity contribution in [3.63, 3.8) is 0 Å². The largest absolute Gasteiger partial charge is 0.352 e. The van der Waals surface area contributed by atoms with Gasteiger partial charge in [0.1, 0.15) is 5.56 Å². The molecule has 17 heavy (non-hydrogen) atoms. The fourth-order valence-electron chi connectivity index (χ4n) is 1.58. The molecule has 0 bridgehead atoms. The van der Waals surface area contributed by atoms with Crippen LogP contribution in [0.2, 0.25) is 0 Å². The van der Waals surface area contributed by atoms with Gasteiger partial charge in [-0.05, 0) is 37.9 Å². The highest BCUT2D eigenvalue weighted by Gasteiger charge is 2.19. The van der Waals surface area contributed by atoms with Crippen molar-refractivity contribution in [3.8, 4) is 0 Å². The maximum absolute atomic E-state index is 11.6. The number of amides is 1. The van der Waals surface area contributed by atoms with Gasteiger partial charge in [0.25, 0.3) is 11.5 Å². The minimum atomic E-state index is -0.346. The molecule has 0 saturated heterocycles. The number of pyridine rings is 1. The SMILES string of the molecule is O=C(NCCCNC1CC1)c1ccc[nH]c1=O. The van der Waals surface area contributed by atoms with Crippen molar-refractivity contribution < 1.29 is 4.79 Å². The van der Waals surface area contributed by atoms with Crippen molar-refractivity contribution in [2.75, 3.05) is 13.1 Å². The third-order valence-electron chi connectivity index (χ3n) is 2.71. The first-order valence-corrected chi connectivity index (χ1v) is 5.96. The molecule has 5 nitrogen and oxygen atoms in total. The summed E-state index contributed by atoms with van der Waals surface area (Å²) in [6.07, 6.45) is 4.93. The predicted molar refractivity (Wildman–Crippen MR) is 65.0 cm³/mol. The molecule has 92 valence electrons. The van der Waals surface area contributed by atoms with E-state index < -0.39 is 0 Å². The summed E-state index contributed by atoms with van der Waals surface area (Å²) in [4.78, 5) is 25.4. The molecular weight excluding hydrogens is 218 g/mol. The maximum atomic E-state index is 11.6. The molecular formula is C12H17N3O2. The summed E-state index contributed by atoms with van der Waals surface area (Å²) in [7, 11) is 0. The Hall–Kier alpha value is -1.62. The molecule has 1 amide bonds. The van der Waals surface area contributed by atoms with E-state index >= 15 is 0 Å². The van der Waals surface area contributed by atoms with Gasteiger partial charge < -0.3 is 15.6 Å². The Morgan fingerprint density at radius 2 is 2.24 bits per heavy atom. The maximum Gasteiger partial charge on any atom is 0.260 e. The zero-order valence-electron chi connectivity index (χ0n) is 9.66. The number of carbonyl (C=O) groups is 1. The first kappa shape index (κ1) is 11.9. The summed E-state index contributed by atoms with van der Waals surface area (Å²) < 4.78 is 0. The van der Waals surface area contributed by atoms with Crippen LogP contribution in [0.25, 0.3) is 0 Å². The van der Waals surface area contributed by atoms with Crippen LogP contribution in [0.5, 0.6) is 0 Å². The van der Waals surface area contributed by atoms with E-state index in [0.717, 1.165) is 13.0 Å². The van der Waals surface area contributed by atoms with Crippen molar-refractivity contribution in [2.45, 2.75) is 25.3 Å². The number of aromatic amines is 1. The molecule has 1 aliphatic rings. The lowest BCUT2D eigenvalue weighted by Crippen LogP contribution is -2.31. The Morgan fingerprint density at radius 1 is 1.41 bits per heavy atom. The number of carbonyl (C=O) groups excluding carboxylic acids is 1. The van der Waals surface area contributed by atoms with Gasteiger partial charge in [0.15, 0.2) is 0 Å². The van der Waals surface area contributed by atoms with E-state index in [9.17, 15) is 9.59 Å². The summed E-state index contributed by atoms with van der Waals surface area (Å²) in [5.41, 5.74) is -0.177. The number of rotatable bonds is 6. The molecule has 1 fully saturated rings. The number of H-pyrrole nitrogens is 1. The van der Waals surface area contributed by atoms with Gasteiger partial charge in [-0.15, -0.1) is 0 Å². The van der Waals surface area contributed by atoms with Crippen molar-refractivity contribution >= 4 is 5.91 Å². The van der Waals surface area contributed by atoms with E-state index in [1.807, 2.05) is 0 Å². The number of hydrogen-bond acceptors (Lipinski definition) is 3. The normalized spacial score (nSPS) is 14.6. The van der Waals surface area contributed by atoms with Gasteiger partial charge in [-0.1, -0.05) is 0 Å². The molecule has 5 heteroatoms. The first-order valence-electron chi connectivity index (χ1n) is 5.96. The smallest absolute Gasteiger partial charge is 0.260 e. The fourth-order valence-corrected chi connectivity index (χ4v) is 1.58. The highest BCUT2D eigenvalue weighted by atomic mass is 16.2. The summed E-state index contributed by atoms with van der Waals surface area (Å²) in [5.74, 6) is -0.307. The molecule has 2 rings (SSSR count). The van der Waals surface area contributed by atoms with Gasteiger partial charge in [-0.3, -0.25) is 9.59 Å². The van der Waals surface area contributed by atoms with Crippen LogP contribution in [0.15, 0.2) is 23.1 Å². The summed E-state index contributed by atoms with van der Waals surface area (Å²) in [5, 5.41) is 6.10. The zero-order chi connectivity index (χ0) is 12.1. The fraction of sp³-hybridized carbons (Fsp3) is 0.500. The number of hydrogen-bond donors (Lipinski definition) is 3. The molecule has 1 heterocycles. The van der Waals surface area contributed by atoms with E-state index in [4.69, 9.17) is 0 Å². The van der Waals surface area contributed by atoms with E-state index in [2.05, 4.69) is 15.6 Å². The Kier molecular flexibility index (Phi) is 3.93. The molecule has 1 aliphatic carbocycles. The van der Waals surface area contributed by atoms with E-state index in [1.54, 1.807) is 6.07 Å². The van der Waals surface area contributed by atoms with Crippen LogP contribution in [-0.4, -0.2) is 30.0 Å². The van der Waals surface area contributed by atoms with Crippen LogP contribution < -0.4 is 16.2 Å². The quantitative estimate of drug-likeness (QED) is 0.619. The summed E-state index contributed by atoms with van der Waals surface area (Å²) in [6.45, 7) is 1.50. The molecule has 0 atom stereocenters. The van der Waals surface area contributed by atoms with E-state index in [1.165, 1.54) is 25.1 Å². The van der Waals surface area contributed by atoms with Crippen molar-refractivity contribution in [3.05, 3.63) is 34.2 Å². The van der Waals surface area contributed by atoms with Gasteiger partial charge in [0.05, 0.1) is 0 Å². The lowest BCUT2D eigenvalue weighted by molar-refractivity contribution is 0.0951. The van der Waals surface area contributed by atoms with Crippen LogP contribution in [0.3, 0.4) is 0 Å². The highest BCUT2D eigenvalue weighted by Crippen LogP contribution is 2.18. The molecule has 0 unspecified atom stereocenters. The van der Waals surface area contributed by atoms with Crippen LogP contribution in [0.4, 0.5) is 0 Å². The van der Waals surface area contributed by atoms with Gasteiger partial charge in [-0.2, -0.15) is 0 Å². The third kappa shape index (κ3) is 3.71. The van der Waals surface area contributed by atoms with Crippen molar-refractivity contribution in [1.82, 2.24) is 15.6 Å². The Labute approximate surface area is 99.6 Å². The van der Waals surface area contributed by atoms with Gasteiger partial charge in [0, 0.05) is 18.8 Å². The van der Waals surface area contributed by atoms with Crippen LogP contribution in [0.1, 0.15) is 29.6 Å². The zero-order valence-corrected chi connectivity index (χ0v) is 9.66. The average molecular weight is 235 g/mol. The monoisotopic (exact) mass is 235 g/mol. The van der Waals surface area contributed by atoms with Gasteiger partial charge in [0.2, 0.25) is 0 Å². The van der Waals surface area contributed by atoms with Crippen LogP contribution in [0, 0.1) is 0 Å². The summed E-state index contributed by atoms with van der Waals surface area (Å²) in [6, 6.07) is 3.87. The number of aromatic nitrogens is 1. The van der Waals surface area contributed by atoms with E-state index in [-0.39, 0.29) is 17.0 Å². The Bertz CT molecular complexity index is 437. The van der Waals surface area contributed by atoms with Gasteiger partial charge in [-0.25, -0.2) is 0 Å². The second-order valence-corrected chi connectivity index (χ2v) is 4.25. The molecule has 1 aromatic heterocycles. The average Bonchev–Trinajstić information content (AvgIpc) is 3.13. The third-order valence-corrected chi connectivity index (χ3v) is 2.71. The molecule has 0 aromatic carbocycles. The topological polar surface area (TPSA) is 74.0 Å². The molecule has 3 N–H and O–H groups in total. The summed E-state index contributed by atoms with van der Waals surface area (Å²) >= 11 is 0. The van der Waals surface area contributed by atoms with Crippen LogP contribution in [-0.2, 0) is 0 Å². The standard InChI is InChI=1S/C12H17N3O2/c16-11-10(3-1-6-14-11)12(17)15-8-2-7-13-9-4-5-9/h1,3,6,9,13H,2,4-5,7-8H2,(H,14,16)(H,15,17). The van der Waals surface area contributed by atoms with Crippen LogP contribution >= 0.6 is 0 Å². The second kappa shape index (κ2) is 5.63. The Morgan fingerprint density at radius 3 is 2.94 bits per heavy atom. The second-order valence-electron chi connectivity index (χ2n) is 4.25. The minimum absolute atomic E-state index is 0.169. The molecule has 1 saturated carbocycles. The Balaban J connectivity index is 1.69. The van der Waals surface area contributed by atoms with Gasteiger partial charge >= 0.3 is 0 Å². The molecule has 0 spiro atoms. The van der Waals surface area contributed by atoms with Crippen molar-refractivity contribution in [1.29, 1.82) is 0 Å². The highest BCUT2D eigenvalue weighted by molar-refractivity contribution is 5.93. The first-order chi connectivity index (χ1) is 8.27. The van der Waals surface area contributed by atoms with E-state index in [0.29, 0.717) is 12.6 Å². The molecule has 1 aromatic rings. The molecule has 0 aliphatic heterocycles. The molecule has 0 radical (unpaired) electrons. The predicted octanol–water partition coefficient (Wildman–Crippen LogP) is 0.247. The lowest BCUT2D eigenvalue weighted by Gasteiger charge is -2.05. The number of nitrogens with one attached hydrogen (secondary N) is 3. The lowest BCUT2D eigenvalue weighted by atomic mass is 10.2. The van der Waals surface area contributed by atoms with Crippen molar-refractivity contribution in [2.24, 2.45) is 0 Å². The minimum Gasteiger partial charge on any atom is -0.352 e.